The molecule has 2 N–H and O–H groups in total. The van der Waals surface area contributed by atoms with E-state index in [-0.39, 0.29) is 6.03 Å². The lowest BCUT2D eigenvalue weighted by Crippen LogP contribution is -2.31. The predicted octanol–water partition coefficient (Wildman–Crippen LogP) is 3.49. The lowest BCUT2D eigenvalue weighted by atomic mass is 10.1. The molecule has 0 unspecified atom stereocenters. The lowest BCUT2D eigenvalue weighted by molar-refractivity contribution is 0.150. The minimum atomic E-state index is -0.268. The van der Waals surface area contributed by atoms with Crippen LogP contribution in [0.4, 0.5) is 10.5 Å². The van der Waals surface area contributed by atoms with Gasteiger partial charge in [0, 0.05) is 18.8 Å². The third-order valence-corrected chi connectivity index (χ3v) is 3.53. The summed E-state index contributed by atoms with van der Waals surface area (Å²) < 4.78 is 10.9. The summed E-state index contributed by atoms with van der Waals surface area (Å²) >= 11 is 0. The molecule has 0 bridgehead atoms. The summed E-state index contributed by atoms with van der Waals surface area (Å²) in [6, 6.07) is 16.8. The molecular formula is C20H23N3O3. The highest BCUT2D eigenvalue weighted by Gasteiger charge is 2.03. The number of carbonyl (C=O) groups excluding carboxylic acids is 1. The number of nitrogens with zero attached hydrogens (tertiary/aromatic N) is 1. The van der Waals surface area contributed by atoms with Crippen molar-refractivity contribution < 1.29 is 14.3 Å². The van der Waals surface area contributed by atoms with Crippen LogP contribution >= 0.6 is 0 Å². The van der Waals surface area contributed by atoms with Crippen LogP contribution in [-0.4, -0.2) is 25.8 Å². The number of hydrogen-bond acceptors (Lipinski definition) is 4. The summed E-state index contributed by atoms with van der Waals surface area (Å²) in [4.78, 5) is 11.8. The molecule has 2 amide bonds. The first-order chi connectivity index (χ1) is 12.7. The van der Waals surface area contributed by atoms with Gasteiger partial charge >= 0.3 is 6.03 Å². The van der Waals surface area contributed by atoms with Crippen LogP contribution in [-0.2, 0) is 17.8 Å². The Hall–Kier alpha value is -3.04. The molecule has 26 heavy (non-hydrogen) atoms. The van der Waals surface area contributed by atoms with Crippen LogP contribution in [0, 0.1) is 11.3 Å². The molecular weight excluding hydrogens is 330 g/mol. The number of urea groups is 1. The van der Waals surface area contributed by atoms with Gasteiger partial charge in [-0.05, 0) is 42.3 Å². The fourth-order valence-electron chi connectivity index (χ4n) is 2.26. The average Bonchev–Trinajstić information content (AvgIpc) is 2.65. The Bertz CT molecular complexity index is 739. The van der Waals surface area contributed by atoms with Crippen molar-refractivity contribution >= 4 is 11.7 Å². The monoisotopic (exact) mass is 353 g/mol. The fraction of sp³-hybridized carbons (Fsp3) is 0.300. The van der Waals surface area contributed by atoms with E-state index in [2.05, 4.69) is 16.7 Å². The molecule has 0 saturated carbocycles. The van der Waals surface area contributed by atoms with E-state index in [1.165, 1.54) is 0 Å². The molecule has 136 valence electrons. The number of hydrogen-bond donors (Lipinski definition) is 2. The molecule has 0 fully saturated rings. The highest BCUT2D eigenvalue weighted by atomic mass is 16.5. The van der Waals surface area contributed by atoms with Crippen molar-refractivity contribution in [1.82, 2.24) is 5.32 Å². The highest BCUT2D eigenvalue weighted by molar-refractivity contribution is 5.89. The van der Waals surface area contributed by atoms with E-state index in [1.54, 1.807) is 0 Å². The summed E-state index contributed by atoms with van der Waals surface area (Å²) in [5.41, 5.74) is 2.60. The summed E-state index contributed by atoms with van der Waals surface area (Å²) in [5.74, 6) is 0.735. The van der Waals surface area contributed by atoms with Gasteiger partial charge in [-0.2, -0.15) is 5.26 Å². The number of nitrogens with one attached hydrogen (secondary N) is 2. The number of amides is 2. The molecule has 0 radical (unpaired) electrons. The third-order valence-electron chi connectivity index (χ3n) is 3.53. The summed E-state index contributed by atoms with van der Waals surface area (Å²) in [7, 11) is 0. The van der Waals surface area contributed by atoms with Gasteiger partial charge in [-0.1, -0.05) is 24.3 Å². The largest absolute Gasteiger partial charge is 0.489 e. The second kappa shape index (κ2) is 10.7. The molecule has 0 aliphatic rings. The number of nitriles is 1. The minimum Gasteiger partial charge on any atom is -0.489 e. The van der Waals surface area contributed by atoms with Gasteiger partial charge in [0.25, 0.3) is 0 Å². The maximum atomic E-state index is 11.8. The second-order valence-corrected chi connectivity index (χ2v) is 5.55. The van der Waals surface area contributed by atoms with Gasteiger partial charge in [0.05, 0.1) is 19.1 Å². The normalized spacial score (nSPS) is 10.0. The smallest absolute Gasteiger partial charge is 0.319 e. The van der Waals surface area contributed by atoms with E-state index in [9.17, 15) is 4.79 Å². The van der Waals surface area contributed by atoms with Crippen molar-refractivity contribution in [2.75, 3.05) is 25.1 Å². The number of ether oxygens (including phenoxy) is 2. The van der Waals surface area contributed by atoms with Crippen molar-refractivity contribution in [2.24, 2.45) is 0 Å². The maximum Gasteiger partial charge on any atom is 0.319 e. The lowest BCUT2D eigenvalue weighted by Gasteiger charge is -2.10. The molecule has 0 atom stereocenters. The molecule has 0 saturated heterocycles. The Kier molecular flexibility index (Phi) is 7.97. The van der Waals surface area contributed by atoms with Crippen molar-refractivity contribution in [1.29, 1.82) is 5.26 Å². The Morgan fingerprint density at radius 1 is 1.15 bits per heavy atom. The van der Waals surface area contributed by atoms with Crippen LogP contribution in [0.3, 0.4) is 0 Å². The van der Waals surface area contributed by atoms with Gasteiger partial charge in [0.2, 0.25) is 0 Å². The van der Waals surface area contributed by atoms with Crippen LogP contribution < -0.4 is 15.4 Å². The first kappa shape index (κ1) is 19.3. The minimum absolute atomic E-state index is 0.268. The topological polar surface area (TPSA) is 83.4 Å². The van der Waals surface area contributed by atoms with E-state index < -0.39 is 0 Å². The van der Waals surface area contributed by atoms with Gasteiger partial charge in [-0.3, -0.25) is 0 Å². The van der Waals surface area contributed by atoms with Gasteiger partial charge in [-0.15, -0.1) is 0 Å². The molecule has 0 aliphatic heterocycles. The van der Waals surface area contributed by atoms with Crippen LogP contribution in [0.1, 0.15) is 18.1 Å². The zero-order valence-electron chi connectivity index (χ0n) is 14.8. The van der Waals surface area contributed by atoms with E-state index in [1.807, 2.05) is 55.5 Å². The first-order valence-electron chi connectivity index (χ1n) is 8.51. The van der Waals surface area contributed by atoms with Crippen LogP contribution in [0.15, 0.2) is 48.5 Å². The number of rotatable bonds is 9. The Morgan fingerprint density at radius 3 is 2.69 bits per heavy atom. The SMILES string of the molecule is CCOCCNC(=O)Nc1cccc(COc2ccc(CC#N)cc2)c1. The van der Waals surface area contributed by atoms with E-state index in [4.69, 9.17) is 14.7 Å². The third kappa shape index (κ3) is 6.83. The van der Waals surface area contributed by atoms with E-state index >= 15 is 0 Å². The fourth-order valence-corrected chi connectivity index (χ4v) is 2.26. The zero-order chi connectivity index (χ0) is 18.6. The summed E-state index contributed by atoms with van der Waals surface area (Å²) in [6.45, 7) is 3.88. The molecule has 2 aromatic carbocycles. The molecule has 0 aliphatic carbocycles. The van der Waals surface area contributed by atoms with Gasteiger partial charge in [0.15, 0.2) is 0 Å². The number of anilines is 1. The number of carbonyl (C=O) groups is 1. The van der Waals surface area contributed by atoms with Crippen LogP contribution in [0.25, 0.3) is 0 Å². The van der Waals surface area contributed by atoms with Crippen molar-refractivity contribution in [2.45, 2.75) is 20.0 Å². The van der Waals surface area contributed by atoms with Crippen molar-refractivity contribution in [3.63, 3.8) is 0 Å². The molecule has 2 aromatic rings. The van der Waals surface area contributed by atoms with Gasteiger partial charge < -0.3 is 20.1 Å². The van der Waals surface area contributed by atoms with Gasteiger partial charge in [0.1, 0.15) is 12.4 Å². The Balaban J connectivity index is 1.82. The van der Waals surface area contributed by atoms with E-state index in [0.717, 1.165) is 16.9 Å². The molecule has 2 rings (SSSR count). The Morgan fingerprint density at radius 2 is 1.96 bits per heavy atom. The van der Waals surface area contributed by atoms with Crippen molar-refractivity contribution in [3.05, 3.63) is 59.7 Å². The predicted molar refractivity (Wildman–Crippen MR) is 100 cm³/mol. The molecule has 0 spiro atoms. The number of benzene rings is 2. The summed E-state index contributed by atoms with van der Waals surface area (Å²) in [6.07, 6.45) is 0.390. The van der Waals surface area contributed by atoms with Crippen LogP contribution in [0.5, 0.6) is 5.75 Å². The van der Waals surface area contributed by atoms with Crippen molar-refractivity contribution in [3.8, 4) is 11.8 Å². The average molecular weight is 353 g/mol. The Labute approximate surface area is 153 Å². The van der Waals surface area contributed by atoms with E-state index in [0.29, 0.717) is 38.5 Å². The van der Waals surface area contributed by atoms with Crippen LogP contribution in [0.2, 0.25) is 0 Å². The first-order valence-corrected chi connectivity index (χ1v) is 8.51. The zero-order valence-corrected chi connectivity index (χ0v) is 14.8. The standard InChI is InChI=1S/C20H23N3O3/c1-2-25-13-12-22-20(24)23-18-5-3-4-17(14-18)15-26-19-8-6-16(7-9-19)10-11-21/h3-9,14H,2,10,12-13,15H2,1H3,(H2,22,23,24). The summed E-state index contributed by atoms with van der Waals surface area (Å²) in [5, 5.41) is 14.2. The molecule has 0 heterocycles. The molecule has 6 nitrogen and oxygen atoms in total. The highest BCUT2D eigenvalue weighted by Crippen LogP contribution is 2.16. The molecule has 0 aromatic heterocycles. The maximum absolute atomic E-state index is 11.8. The van der Waals surface area contributed by atoms with Gasteiger partial charge in [-0.25, -0.2) is 4.79 Å². The quantitative estimate of drug-likeness (QED) is 0.676. The second-order valence-electron chi connectivity index (χ2n) is 5.55. The molecule has 6 heteroatoms.